The Bertz CT molecular complexity index is 1900. The Morgan fingerprint density at radius 2 is 1.20 bits per heavy atom. The maximum atomic E-state index is 5.15. The van der Waals surface area contributed by atoms with Crippen molar-refractivity contribution in [2.24, 2.45) is 0 Å². The van der Waals surface area contributed by atoms with E-state index < -0.39 is 5.54 Å². The Balaban J connectivity index is 1.26. The van der Waals surface area contributed by atoms with Crippen molar-refractivity contribution in [1.82, 2.24) is 29.8 Å². The maximum Gasteiger partial charge on any atom is 0.205 e. The fourth-order valence-corrected chi connectivity index (χ4v) is 6.26. The summed E-state index contributed by atoms with van der Waals surface area (Å²) in [5, 5.41) is 14.6. The van der Waals surface area contributed by atoms with Crippen LogP contribution in [0.25, 0.3) is 22.5 Å². The average molecular weight is 601 g/mol. The monoisotopic (exact) mass is 600 g/mol. The number of hydrogen-bond acceptors (Lipinski definition) is 4. The van der Waals surface area contributed by atoms with Crippen molar-refractivity contribution in [3.05, 3.63) is 180 Å². The van der Waals surface area contributed by atoms with Gasteiger partial charge in [-0.05, 0) is 51.4 Å². The van der Waals surface area contributed by atoms with Gasteiger partial charge in [-0.3, -0.25) is 0 Å². The molecular formula is C40H36N6. The third-order valence-corrected chi connectivity index (χ3v) is 8.56. The Kier molecular flexibility index (Phi) is 8.33. The Hall–Kier alpha value is -5.62. The van der Waals surface area contributed by atoms with Crippen LogP contribution >= 0.6 is 0 Å². The summed E-state index contributed by atoms with van der Waals surface area (Å²) in [5.41, 5.74) is 7.80. The molecule has 6 nitrogen and oxygen atoms in total. The minimum atomic E-state index is -0.824. The summed E-state index contributed by atoms with van der Waals surface area (Å²) in [7, 11) is 0. The molecule has 0 radical (unpaired) electrons. The number of nitrogens with zero attached hydrogens (tertiary/aromatic N) is 6. The van der Waals surface area contributed by atoms with Crippen LogP contribution in [0.1, 0.15) is 47.7 Å². The van der Waals surface area contributed by atoms with Crippen molar-refractivity contribution in [1.29, 1.82) is 0 Å². The number of tetrazole rings is 1. The molecule has 0 unspecified atom stereocenters. The molecule has 0 saturated carbocycles. The zero-order chi connectivity index (χ0) is 31.2. The van der Waals surface area contributed by atoms with Gasteiger partial charge in [0.15, 0.2) is 5.54 Å². The van der Waals surface area contributed by atoms with Gasteiger partial charge >= 0.3 is 0 Å². The second-order valence-electron chi connectivity index (χ2n) is 11.6. The summed E-state index contributed by atoms with van der Waals surface area (Å²) in [6.07, 6.45) is 7.47. The maximum absolute atomic E-state index is 5.15. The van der Waals surface area contributed by atoms with E-state index in [2.05, 4.69) is 138 Å². The first-order valence-corrected chi connectivity index (χ1v) is 15.9. The second-order valence-corrected chi connectivity index (χ2v) is 11.6. The third kappa shape index (κ3) is 5.66. The molecule has 0 bridgehead atoms. The number of benzene rings is 5. The minimum Gasteiger partial charge on any atom is -0.333 e. The van der Waals surface area contributed by atoms with Gasteiger partial charge in [0.2, 0.25) is 5.82 Å². The summed E-state index contributed by atoms with van der Waals surface area (Å²) < 4.78 is 2.16. The molecule has 7 rings (SSSR count). The predicted octanol–water partition coefficient (Wildman–Crippen LogP) is 8.43. The number of rotatable bonds is 11. The highest BCUT2D eigenvalue weighted by Crippen LogP contribution is 2.40. The van der Waals surface area contributed by atoms with Gasteiger partial charge in [-0.1, -0.05) is 153 Å². The molecule has 6 heteroatoms. The van der Waals surface area contributed by atoms with Crippen LogP contribution in [0.4, 0.5) is 0 Å². The van der Waals surface area contributed by atoms with Crippen LogP contribution in [0.3, 0.4) is 0 Å². The van der Waals surface area contributed by atoms with Crippen molar-refractivity contribution >= 4 is 0 Å². The summed E-state index contributed by atoms with van der Waals surface area (Å²) in [6.45, 7) is 3.00. The Labute approximate surface area is 270 Å². The van der Waals surface area contributed by atoms with Gasteiger partial charge in [0.1, 0.15) is 0 Å². The van der Waals surface area contributed by atoms with Gasteiger partial charge in [0.25, 0.3) is 0 Å². The molecule has 0 aliphatic rings. The quantitative estimate of drug-likeness (QED) is 0.140. The average Bonchev–Trinajstić information content (AvgIpc) is 3.80. The van der Waals surface area contributed by atoms with Crippen LogP contribution in [0.15, 0.2) is 152 Å². The molecule has 2 aromatic heterocycles. The van der Waals surface area contributed by atoms with Crippen LogP contribution < -0.4 is 0 Å². The first-order valence-electron chi connectivity index (χ1n) is 15.9. The van der Waals surface area contributed by atoms with E-state index in [9.17, 15) is 0 Å². The zero-order valence-electron chi connectivity index (χ0n) is 25.9. The van der Waals surface area contributed by atoms with E-state index in [1.54, 1.807) is 4.80 Å². The number of hydrogen-bond donors (Lipinski definition) is 0. The van der Waals surface area contributed by atoms with Gasteiger partial charge < -0.3 is 4.57 Å². The lowest BCUT2D eigenvalue weighted by Gasteiger charge is -2.34. The summed E-state index contributed by atoms with van der Waals surface area (Å²) in [6, 6.07) is 48.3. The topological polar surface area (TPSA) is 61.4 Å². The largest absolute Gasteiger partial charge is 0.333 e. The summed E-state index contributed by atoms with van der Waals surface area (Å²) in [4.78, 5) is 6.36. The van der Waals surface area contributed by atoms with E-state index in [-0.39, 0.29) is 0 Å². The van der Waals surface area contributed by atoms with Gasteiger partial charge in [0, 0.05) is 18.3 Å². The fourth-order valence-electron chi connectivity index (χ4n) is 6.26. The van der Waals surface area contributed by atoms with Crippen molar-refractivity contribution in [2.45, 2.75) is 38.3 Å². The highest BCUT2D eigenvalue weighted by atomic mass is 15.6. The second kappa shape index (κ2) is 13.2. The summed E-state index contributed by atoms with van der Waals surface area (Å²) >= 11 is 0. The smallest absolute Gasteiger partial charge is 0.205 e. The van der Waals surface area contributed by atoms with Gasteiger partial charge in [-0.25, -0.2) is 4.98 Å². The van der Waals surface area contributed by atoms with Crippen molar-refractivity contribution < 1.29 is 0 Å². The first kappa shape index (κ1) is 29.1. The van der Waals surface area contributed by atoms with Crippen LogP contribution in [-0.2, 0) is 18.5 Å². The normalized spacial score (nSPS) is 11.5. The Morgan fingerprint density at radius 1 is 0.630 bits per heavy atom. The Morgan fingerprint density at radius 3 is 1.78 bits per heavy atom. The molecular weight excluding hydrogens is 564 g/mol. The van der Waals surface area contributed by atoms with E-state index in [1.807, 2.05) is 30.6 Å². The molecule has 0 fully saturated rings. The van der Waals surface area contributed by atoms with Crippen molar-refractivity contribution in [3.8, 4) is 22.5 Å². The first-order chi connectivity index (χ1) is 22.8. The summed E-state index contributed by atoms with van der Waals surface area (Å²) in [5.74, 6) is 0.574. The molecule has 2 heterocycles. The van der Waals surface area contributed by atoms with E-state index in [0.29, 0.717) is 5.82 Å². The van der Waals surface area contributed by atoms with Crippen LogP contribution in [0.2, 0.25) is 0 Å². The number of unbranched alkanes of at least 4 members (excludes halogenated alkanes) is 1. The highest BCUT2D eigenvalue weighted by Gasteiger charge is 2.41. The molecule has 46 heavy (non-hydrogen) atoms. The van der Waals surface area contributed by atoms with Gasteiger partial charge in [-0.2, -0.15) is 0 Å². The van der Waals surface area contributed by atoms with E-state index >= 15 is 0 Å². The molecule has 0 atom stereocenters. The third-order valence-electron chi connectivity index (χ3n) is 8.56. The molecule has 0 aliphatic heterocycles. The van der Waals surface area contributed by atoms with Gasteiger partial charge in [-0.15, -0.1) is 15.0 Å². The highest BCUT2D eigenvalue weighted by molar-refractivity contribution is 5.80. The molecule has 7 aromatic rings. The van der Waals surface area contributed by atoms with Gasteiger partial charge in [0.05, 0.1) is 12.0 Å². The molecule has 0 spiro atoms. The fraction of sp³-hybridized carbons (Fsp3) is 0.150. The lowest BCUT2D eigenvalue weighted by Crippen LogP contribution is -2.39. The standard InChI is InChI=1S/C40H36N6/c1-2-3-21-36-29-45(30-41-36)28-31-24-26-32(27-25-31)37-22-13-14-23-38(37)39-42-44-46(43-39)40(33-15-7-4-8-16-33,34-17-9-5-10-18-34)35-19-11-6-12-20-35/h4-20,22-27,29-30H,2-3,21,28H2,1H3. The lowest BCUT2D eigenvalue weighted by atomic mass is 9.77. The molecule has 226 valence electrons. The molecule has 0 saturated heterocycles. The lowest BCUT2D eigenvalue weighted by molar-refractivity contribution is 0.396. The van der Waals surface area contributed by atoms with E-state index in [1.165, 1.54) is 18.4 Å². The predicted molar refractivity (Wildman–Crippen MR) is 183 cm³/mol. The molecule has 0 N–H and O–H groups in total. The molecule has 0 aliphatic carbocycles. The van der Waals surface area contributed by atoms with Crippen molar-refractivity contribution in [3.63, 3.8) is 0 Å². The number of aryl methyl sites for hydroxylation is 1. The molecule has 0 amide bonds. The number of aromatic nitrogens is 6. The zero-order valence-corrected chi connectivity index (χ0v) is 25.9. The van der Waals surface area contributed by atoms with E-state index in [4.69, 9.17) is 15.4 Å². The van der Waals surface area contributed by atoms with Crippen molar-refractivity contribution in [2.75, 3.05) is 0 Å². The SMILES string of the molecule is CCCCc1cn(Cc2ccc(-c3ccccc3-c3nnn(C(c4ccccc4)(c4ccccc4)c4ccccc4)n3)cc2)cn1. The number of imidazole rings is 1. The molecule has 5 aromatic carbocycles. The van der Waals surface area contributed by atoms with E-state index in [0.717, 1.165) is 52.0 Å². The van der Waals surface area contributed by atoms with Crippen LogP contribution in [0.5, 0.6) is 0 Å². The van der Waals surface area contributed by atoms with Crippen LogP contribution in [0, 0.1) is 0 Å². The van der Waals surface area contributed by atoms with Crippen LogP contribution in [-0.4, -0.2) is 29.8 Å². The minimum absolute atomic E-state index is 0.574.